The minimum atomic E-state index is -0.345. The summed E-state index contributed by atoms with van der Waals surface area (Å²) in [7, 11) is 1.39. The largest absolute Gasteiger partial charge is 0.469 e. The number of aliphatic hydroxyl groups excluding tert-OH is 1. The first-order valence-corrected chi connectivity index (χ1v) is 5.46. The molecule has 0 amide bonds. The fraction of sp³-hybridized carbons (Fsp3) is 0.909. The Kier molecular flexibility index (Phi) is 4.54. The second kappa shape index (κ2) is 5.47. The van der Waals surface area contributed by atoms with Gasteiger partial charge in [0.1, 0.15) is 0 Å². The van der Waals surface area contributed by atoms with Gasteiger partial charge in [-0.25, -0.2) is 0 Å². The highest BCUT2D eigenvalue weighted by molar-refractivity contribution is 5.72. The van der Waals surface area contributed by atoms with Gasteiger partial charge in [0.25, 0.3) is 0 Å². The van der Waals surface area contributed by atoms with Gasteiger partial charge < -0.3 is 14.6 Å². The minimum absolute atomic E-state index is 0.0544. The summed E-state index contributed by atoms with van der Waals surface area (Å²) >= 11 is 0. The van der Waals surface area contributed by atoms with Crippen LogP contribution in [0.5, 0.6) is 0 Å². The van der Waals surface area contributed by atoms with Crippen LogP contribution in [0.4, 0.5) is 0 Å². The lowest BCUT2D eigenvalue weighted by Gasteiger charge is -2.18. The van der Waals surface area contributed by atoms with Crippen molar-refractivity contribution < 1.29 is 19.4 Å². The molecule has 1 N–H and O–H groups in total. The van der Waals surface area contributed by atoms with Crippen molar-refractivity contribution >= 4 is 5.97 Å². The highest BCUT2D eigenvalue weighted by atomic mass is 16.5. The number of ether oxygens (including phenoxy) is 2. The van der Waals surface area contributed by atoms with Gasteiger partial charge in [-0.2, -0.15) is 0 Å². The molecule has 88 valence electrons. The lowest BCUT2D eigenvalue weighted by molar-refractivity contribution is -0.150. The Morgan fingerprint density at radius 3 is 2.73 bits per heavy atom. The lowest BCUT2D eigenvalue weighted by atomic mass is 10.0. The number of rotatable bonds is 4. The molecule has 0 radical (unpaired) electrons. The molecule has 0 saturated carbocycles. The number of aliphatic hydroxyl groups is 1. The van der Waals surface area contributed by atoms with Crippen molar-refractivity contribution in [2.45, 2.75) is 51.4 Å². The molecule has 0 aromatic heterocycles. The molecule has 1 heterocycles. The number of esters is 1. The van der Waals surface area contributed by atoms with Crippen LogP contribution in [0.15, 0.2) is 0 Å². The van der Waals surface area contributed by atoms with E-state index in [-0.39, 0.29) is 30.2 Å². The molecule has 4 heteroatoms. The Bertz CT molecular complexity index is 215. The molecule has 1 rings (SSSR count). The van der Waals surface area contributed by atoms with Crippen molar-refractivity contribution in [3.63, 3.8) is 0 Å². The Morgan fingerprint density at radius 2 is 2.20 bits per heavy atom. The van der Waals surface area contributed by atoms with E-state index in [1.165, 1.54) is 7.11 Å². The van der Waals surface area contributed by atoms with Crippen molar-refractivity contribution in [1.29, 1.82) is 0 Å². The molecule has 1 aliphatic rings. The van der Waals surface area contributed by atoms with Crippen LogP contribution in [0.25, 0.3) is 0 Å². The maximum atomic E-state index is 11.3. The monoisotopic (exact) mass is 216 g/mol. The molecule has 1 saturated heterocycles. The summed E-state index contributed by atoms with van der Waals surface area (Å²) in [6.07, 6.45) is 2.11. The standard InChI is InChI=1S/C11H20O4/c1-7(12)6-9-4-5-10(15-9)8(2)11(13)14-3/h7-10,12H,4-6H2,1-3H3/t7-,8+,9+,10+/m1/s1. The molecule has 0 aromatic rings. The smallest absolute Gasteiger partial charge is 0.311 e. The predicted octanol–water partition coefficient (Wildman–Crippen LogP) is 1.11. The SMILES string of the molecule is COC(=O)[C@@H](C)[C@@H]1CC[C@@H](C[C@@H](C)O)O1. The number of carbonyl (C=O) groups excluding carboxylic acids is 1. The first-order chi connectivity index (χ1) is 7.04. The van der Waals surface area contributed by atoms with Crippen LogP contribution < -0.4 is 0 Å². The molecule has 4 nitrogen and oxygen atoms in total. The normalized spacial score (nSPS) is 29.9. The second-order valence-electron chi connectivity index (χ2n) is 4.27. The maximum absolute atomic E-state index is 11.3. The average Bonchev–Trinajstić information content (AvgIpc) is 2.63. The fourth-order valence-corrected chi connectivity index (χ4v) is 1.99. The van der Waals surface area contributed by atoms with Crippen LogP contribution in [-0.2, 0) is 14.3 Å². The summed E-state index contributed by atoms with van der Waals surface area (Å²) < 4.78 is 10.4. The summed E-state index contributed by atoms with van der Waals surface area (Å²) in [4.78, 5) is 11.3. The third-order valence-corrected chi connectivity index (χ3v) is 2.88. The van der Waals surface area contributed by atoms with E-state index >= 15 is 0 Å². The average molecular weight is 216 g/mol. The van der Waals surface area contributed by atoms with Gasteiger partial charge in [-0.3, -0.25) is 4.79 Å². The minimum Gasteiger partial charge on any atom is -0.469 e. The molecule has 1 aliphatic heterocycles. The van der Waals surface area contributed by atoms with Gasteiger partial charge in [-0.15, -0.1) is 0 Å². The summed E-state index contributed by atoms with van der Waals surface area (Å²) in [6, 6.07) is 0. The quantitative estimate of drug-likeness (QED) is 0.715. The summed E-state index contributed by atoms with van der Waals surface area (Å²) in [5.74, 6) is -0.438. The maximum Gasteiger partial charge on any atom is 0.311 e. The van der Waals surface area contributed by atoms with E-state index in [0.29, 0.717) is 6.42 Å². The van der Waals surface area contributed by atoms with Crippen molar-refractivity contribution in [1.82, 2.24) is 0 Å². The Morgan fingerprint density at radius 1 is 1.53 bits per heavy atom. The third kappa shape index (κ3) is 3.47. The first kappa shape index (κ1) is 12.5. The summed E-state index contributed by atoms with van der Waals surface area (Å²) in [6.45, 7) is 3.57. The zero-order valence-corrected chi connectivity index (χ0v) is 9.60. The van der Waals surface area contributed by atoms with Crippen molar-refractivity contribution in [2.24, 2.45) is 5.92 Å². The molecule has 15 heavy (non-hydrogen) atoms. The molecule has 1 fully saturated rings. The number of hydrogen-bond acceptors (Lipinski definition) is 4. The number of carbonyl (C=O) groups is 1. The second-order valence-corrected chi connectivity index (χ2v) is 4.27. The molecular weight excluding hydrogens is 196 g/mol. The molecule has 4 atom stereocenters. The van der Waals surface area contributed by atoms with E-state index in [1.807, 2.05) is 6.92 Å². The van der Waals surface area contributed by atoms with Crippen LogP contribution in [0.3, 0.4) is 0 Å². The van der Waals surface area contributed by atoms with Crippen LogP contribution in [-0.4, -0.2) is 36.5 Å². The summed E-state index contributed by atoms with van der Waals surface area (Å²) in [5.41, 5.74) is 0. The Balaban J connectivity index is 2.38. The van der Waals surface area contributed by atoms with Gasteiger partial charge in [0.2, 0.25) is 0 Å². The highest BCUT2D eigenvalue weighted by Crippen LogP contribution is 2.28. The zero-order valence-electron chi connectivity index (χ0n) is 9.60. The number of methoxy groups -OCH3 is 1. The zero-order chi connectivity index (χ0) is 11.4. The molecular formula is C11H20O4. The molecule has 0 unspecified atom stereocenters. The van der Waals surface area contributed by atoms with E-state index in [1.54, 1.807) is 6.92 Å². The van der Waals surface area contributed by atoms with Gasteiger partial charge in [-0.1, -0.05) is 0 Å². The molecule has 0 bridgehead atoms. The van der Waals surface area contributed by atoms with Crippen LogP contribution in [0.1, 0.15) is 33.1 Å². The van der Waals surface area contributed by atoms with E-state index in [4.69, 9.17) is 4.74 Å². The van der Waals surface area contributed by atoms with E-state index in [2.05, 4.69) is 4.74 Å². The predicted molar refractivity (Wildman–Crippen MR) is 55.4 cm³/mol. The van der Waals surface area contributed by atoms with E-state index < -0.39 is 0 Å². The highest BCUT2D eigenvalue weighted by Gasteiger charge is 2.33. The van der Waals surface area contributed by atoms with Crippen LogP contribution in [0, 0.1) is 5.92 Å². The third-order valence-electron chi connectivity index (χ3n) is 2.88. The Hall–Kier alpha value is -0.610. The van der Waals surface area contributed by atoms with Gasteiger partial charge in [-0.05, 0) is 33.1 Å². The topological polar surface area (TPSA) is 55.8 Å². The van der Waals surface area contributed by atoms with Crippen LogP contribution in [0.2, 0.25) is 0 Å². The van der Waals surface area contributed by atoms with E-state index in [9.17, 15) is 9.90 Å². The van der Waals surface area contributed by atoms with Gasteiger partial charge in [0.05, 0.1) is 31.3 Å². The molecule has 0 spiro atoms. The van der Waals surface area contributed by atoms with Gasteiger partial charge >= 0.3 is 5.97 Å². The van der Waals surface area contributed by atoms with Crippen molar-refractivity contribution in [3.8, 4) is 0 Å². The number of hydrogen-bond donors (Lipinski definition) is 1. The molecule has 0 aliphatic carbocycles. The first-order valence-electron chi connectivity index (χ1n) is 5.46. The van der Waals surface area contributed by atoms with Crippen molar-refractivity contribution in [2.75, 3.05) is 7.11 Å². The van der Waals surface area contributed by atoms with E-state index in [0.717, 1.165) is 12.8 Å². The van der Waals surface area contributed by atoms with Gasteiger partial charge in [0, 0.05) is 0 Å². The van der Waals surface area contributed by atoms with Crippen molar-refractivity contribution in [3.05, 3.63) is 0 Å². The fourth-order valence-electron chi connectivity index (χ4n) is 1.99. The Labute approximate surface area is 90.6 Å². The van der Waals surface area contributed by atoms with Gasteiger partial charge in [0.15, 0.2) is 0 Å². The summed E-state index contributed by atoms with van der Waals surface area (Å²) in [5, 5.41) is 9.22. The lowest BCUT2D eigenvalue weighted by Crippen LogP contribution is -2.27. The van der Waals surface area contributed by atoms with Crippen LogP contribution >= 0.6 is 0 Å². The molecule has 0 aromatic carbocycles.